The largest absolute Gasteiger partial charge is 0.481 e. The molecule has 12 heteroatoms. The third-order valence-corrected chi connectivity index (χ3v) is 10.8. The van der Waals surface area contributed by atoms with Crippen molar-refractivity contribution in [3.63, 3.8) is 0 Å². The maximum Gasteiger partial charge on any atom is 0.236 e. The summed E-state index contributed by atoms with van der Waals surface area (Å²) in [4.78, 5) is 21.0. The van der Waals surface area contributed by atoms with E-state index in [1.165, 1.54) is 5.56 Å². The van der Waals surface area contributed by atoms with Gasteiger partial charge in [-0.25, -0.2) is 4.98 Å². The third-order valence-electron chi connectivity index (χ3n) is 10.2. The lowest BCUT2D eigenvalue weighted by atomic mass is 9.94. The van der Waals surface area contributed by atoms with Crippen LogP contribution >= 0.6 is 23.2 Å². The first-order valence-electron chi connectivity index (χ1n) is 17.6. The predicted molar refractivity (Wildman–Crippen MR) is 198 cm³/mol. The Bertz CT molecular complexity index is 1910. The van der Waals surface area contributed by atoms with E-state index in [-0.39, 0.29) is 30.2 Å². The Kier molecular flexibility index (Phi) is 11.0. The number of rotatable bonds is 13. The van der Waals surface area contributed by atoms with Crippen LogP contribution in [0.5, 0.6) is 17.6 Å². The van der Waals surface area contributed by atoms with E-state index in [4.69, 9.17) is 42.4 Å². The monoisotopic (exact) mass is 731 g/mol. The standard InChI is InChI=1S/C39H43Cl2N5O5/c1-49-37-22(20-43-32-10-5-11-33(32)47)12-15-31(45-37)29-9-4-8-28(36(29)41)25-6-3-7-27-26(25)14-16-34(27)51-39-30(40)18-23(38(46-39)50-2)19-42-21-24-13-17-35(48)44-24/h3-4,6-9,12,15,18,24,32-34,42-43,47H,5,10-11,13-14,16-17,19-21H2,1-2H3,(H,44,48)/t24-,32+,33-,34-/m0/s1. The van der Waals surface area contributed by atoms with E-state index in [1.807, 2.05) is 42.5 Å². The normalized spacial score (nSPS) is 21.1. The number of fused-ring (bicyclic) bond motifs is 1. The molecule has 2 aliphatic carbocycles. The fourth-order valence-corrected chi connectivity index (χ4v) is 8.05. The fourth-order valence-electron chi connectivity index (χ4n) is 7.51. The van der Waals surface area contributed by atoms with Gasteiger partial charge in [-0.2, -0.15) is 4.98 Å². The van der Waals surface area contributed by atoms with Crippen molar-refractivity contribution in [3.05, 3.63) is 86.9 Å². The van der Waals surface area contributed by atoms with Gasteiger partial charge in [0, 0.05) is 60.4 Å². The molecule has 3 aliphatic rings. The zero-order valence-corrected chi connectivity index (χ0v) is 30.3. The minimum absolute atomic E-state index is 0.0850. The van der Waals surface area contributed by atoms with E-state index < -0.39 is 0 Å². The molecule has 0 spiro atoms. The number of methoxy groups -OCH3 is 2. The predicted octanol–water partition coefficient (Wildman–Crippen LogP) is 6.57. The number of amides is 1. The number of nitrogens with one attached hydrogen (secondary N) is 3. The number of benzene rings is 2. The maximum atomic E-state index is 11.5. The van der Waals surface area contributed by atoms with Gasteiger partial charge in [-0.3, -0.25) is 4.79 Å². The topological polar surface area (TPSA) is 127 Å². The van der Waals surface area contributed by atoms with E-state index in [0.29, 0.717) is 53.7 Å². The summed E-state index contributed by atoms with van der Waals surface area (Å²) in [5, 5.41) is 21.0. The molecule has 51 heavy (non-hydrogen) atoms. The Hall–Kier alpha value is -3.93. The van der Waals surface area contributed by atoms with Gasteiger partial charge in [0.15, 0.2) is 0 Å². The lowest BCUT2D eigenvalue weighted by Crippen LogP contribution is -2.35. The van der Waals surface area contributed by atoms with Gasteiger partial charge in [0.05, 0.1) is 31.0 Å². The first-order chi connectivity index (χ1) is 24.8. The molecular weight excluding hydrogens is 689 g/mol. The second-order valence-corrected chi connectivity index (χ2v) is 14.2. The van der Waals surface area contributed by atoms with Gasteiger partial charge < -0.3 is 35.3 Å². The minimum Gasteiger partial charge on any atom is -0.481 e. The smallest absolute Gasteiger partial charge is 0.236 e. The summed E-state index contributed by atoms with van der Waals surface area (Å²) >= 11 is 13.9. The quantitative estimate of drug-likeness (QED) is 0.121. The Morgan fingerprint density at radius 1 is 0.863 bits per heavy atom. The summed E-state index contributed by atoms with van der Waals surface area (Å²) < 4.78 is 17.8. The molecule has 0 radical (unpaired) electrons. The molecule has 1 amide bonds. The highest BCUT2D eigenvalue weighted by Gasteiger charge is 2.30. The number of pyridine rings is 2. The number of hydrogen-bond donors (Lipinski definition) is 4. The summed E-state index contributed by atoms with van der Waals surface area (Å²) in [5.74, 6) is 1.38. The number of ether oxygens (including phenoxy) is 3. The van der Waals surface area contributed by atoms with E-state index in [1.54, 1.807) is 14.2 Å². The van der Waals surface area contributed by atoms with Crippen LogP contribution in [-0.4, -0.2) is 59.9 Å². The van der Waals surface area contributed by atoms with Gasteiger partial charge in [-0.15, -0.1) is 0 Å². The van der Waals surface area contributed by atoms with Crippen LogP contribution in [0.25, 0.3) is 22.4 Å². The molecule has 2 fully saturated rings. The van der Waals surface area contributed by atoms with Gasteiger partial charge in [-0.05, 0) is 67.3 Å². The van der Waals surface area contributed by atoms with Crippen molar-refractivity contribution < 1.29 is 24.1 Å². The molecule has 2 aromatic carbocycles. The van der Waals surface area contributed by atoms with Crippen molar-refractivity contribution in [2.75, 3.05) is 20.8 Å². The van der Waals surface area contributed by atoms with Crippen LogP contribution in [0.3, 0.4) is 0 Å². The zero-order chi connectivity index (χ0) is 35.5. The lowest BCUT2D eigenvalue weighted by Gasteiger charge is -2.19. The number of nitrogens with zero attached hydrogens (tertiary/aromatic N) is 2. The number of aliphatic hydroxyl groups excluding tert-OH is 1. The first-order valence-corrected chi connectivity index (χ1v) is 18.3. The van der Waals surface area contributed by atoms with E-state index in [0.717, 1.165) is 77.6 Å². The van der Waals surface area contributed by atoms with Crippen LogP contribution in [0.15, 0.2) is 54.6 Å². The Balaban J connectivity index is 1.08. The van der Waals surface area contributed by atoms with Crippen molar-refractivity contribution >= 4 is 29.1 Å². The molecule has 4 aromatic rings. The van der Waals surface area contributed by atoms with Crippen LogP contribution < -0.4 is 30.2 Å². The summed E-state index contributed by atoms with van der Waals surface area (Å²) in [6, 6.07) is 18.2. The van der Waals surface area contributed by atoms with Crippen LogP contribution in [0.4, 0.5) is 0 Å². The second kappa shape index (κ2) is 15.8. The summed E-state index contributed by atoms with van der Waals surface area (Å²) in [7, 11) is 3.20. The van der Waals surface area contributed by atoms with Gasteiger partial charge in [-0.1, -0.05) is 65.7 Å². The van der Waals surface area contributed by atoms with E-state index in [9.17, 15) is 9.90 Å². The first kappa shape index (κ1) is 35.5. The van der Waals surface area contributed by atoms with Crippen LogP contribution in [0, 0.1) is 0 Å². The molecule has 4 N–H and O–H groups in total. The fraction of sp³-hybridized carbons (Fsp3) is 0.410. The average molecular weight is 733 g/mol. The average Bonchev–Trinajstić information content (AvgIpc) is 3.88. The van der Waals surface area contributed by atoms with Crippen molar-refractivity contribution in [3.8, 4) is 40.0 Å². The lowest BCUT2D eigenvalue weighted by molar-refractivity contribution is -0.119. The summed E-state index contributed by atoms with van der Waals surface area (Å²) in [6.07, 6.45) is 5.20. The van der Waals surface area contributed by atoms with E-state index in [2.05, 4.69) is 33.1 Å². The van der Waals surface area contributed by atoms with Gasteiger partial charge in [0.1, 0.15) is 11.1 Å². The number of carbonyl (C=O) groups is 1. The molecule has 1 saturated heterocycles. The number of halogens is 2. The molecule has 0 bridgehead atoms. The van der Waals surface area contributed by atoms with E-state index >= 15 is 0 Å². The molecule has 1 saturated carbocycles. The van der Waals surface area contributed by atoms with Crippen molar-refractivity contribution in [2.45, 2.75) is 82.3 Å². The Morgan fingerprint density at radius 2 is 1.65 bits per heavy atom. The molecular formula is C39H43Cl2N5O5. The highest BCUT2D eigenvalue weighted by molar-refractivity contribution is 6.36. The molecule has 2 aromatic heterocycles. The van der Waals surface area contributed by atoms with Crippen molar-refractivity contribution in [1.82, 2.24) is 25.9 Å². The Morgan fingerprint density at radius 3 is 2.41 bits per heavy atom. The SMILES string of the molecule is COc1nc(-c2cccc(-c3cccc4c3CC[C@@H]4Oc3nc(OC)c(CNC[C@@H]4CCC(=O)N4)cc3Cl)c2Cl)ccc1CN[C@@H]1CCC[C@@H]1O. The van der Waals surface area contributed by atoms with Gasteiger partial charge >= 0.3 is 0 Å². The van der Waals surface area contributed by atoms with Gasteiger partial charge in [0.2, 0.25) is 23.5 Å². The van der Waals surface area contributed by atoms with Crippen molar-refractivity contribution in [1.29, 1.82) is 0 Å². The highest BCUT2D eigenvalue weighted by Crippen LogP contribution is 2.44. The molecule has 4 atom stereocenters. The van der Waals surface area contributed by atoms with Crippen molar-refractivity contribution in [2.24, 2.45) is 0 Å². The number of aliphatic hydroxyl groups is 1. The molecule has 1 aliphatic heterocycles. The van der Waals surface area contributed by atoms with Crippen LogP contribution in [0.1, 0.15) is 66.9 Å². The third kappa shape index (κ3) is 7.66. The molecule has 3 heterocycles. The molecule has 10 nitrogen and oxygen atoms in total. The second-order valence-electron chi connectivity index (χ2n) is 13.4. The maximum absolute atomic E-state index is 11.5. The van der Waals surface area contributed by atoms with Crippen LogP contribution in [0.2, 0.25) is 10.0 Å². The van der Waals surface area contributed by atoms with Gasteiger partial charge in [0.25, 0.3) is 0 Å². The Labute approximate surface area is 308 Å². The minimum atomic E-state index is -0.316. The number of hydrogen-bond acceptors (Lipinski definition) is 9. The number of carbonyl (C=O) groups excluding carboxylic acids is 1. The summed E-state index contributed by atoms with van der Waals surface area (Å²) in [5.41, 5.74) is 7.47. The zero-order valence-electron chi connectivity index (χ0n) is 28.8. The van der Waals surface area contributed by atoms with Crippen LogP contribution in [-0.2, 0) is 24.3 Å². The molecule has 0 unspecified atom stereocenters. The molecule has 268 valence electrons. The molecule has 7 rings (SSSR count). The summed E-state index contributed by atoms with van der Waals surface area (Å²) in [6.45, 7) is 1.70. The highest BCUT2D eigenvalue weighted by atomic mass is 35.5. The number of aromatic nitrogens is 2.